The first-order chi connectivity index (χ1) is 17.5. The van der Waals surface area contributed by atoms with E-state index in [0.29, 0.717) is 11.5 Å². The third kappa shape index (κ3) is 6.37. The van der Waals surface area contributed by atoms with E-state index < -0.39 is 24.1 Å². The Bertz CT molecular complexity index is 1160. The van der Waals surface area contributed by atoms with Gasteiger partial charge in [0.05, 0.1) is 6.61 Å². The van der Waals surface area contributed by atoms with Crippen LogP contribution >= 0.6 is 0 Å². The molecule has 0 N–H and O–H groups in total. The molecule has 3 aromatic rings. The number of alkyl halides is 1. The number of hydrogen-bond acceptors (Lipinski definition) is 1. The van der Waals surface area contributed by atoms with Crippen LogP contribution in [0.2, 0.25) is 0 Å². The molecule has 0 amide bonds. The Morgan fingerprint density at radius 1 is 0.833 bits per heavy atom. The van der Waals surface area contributed by atoms with Gasteiger partial charge >= 0.3 is 0 Å². The van der Waals surface area contributed by atoms with Crippen molar-refractivity contribution in [3.05, 3.63) is 101 Å². The van der Waals surface area contributed by atoms with Gasteiger partial charge in [0.15, 0.2) is 11.6 Å². The van der Waals surface area contributed by atoms with Crippen molar-refractivity contribution < 1.29 is 22.3 Å². The van der Waals surface area contributed by atoms with Crippen LogP contribution in [0.15, 0.2) is 72.6 Å². The molecule has 1 fully saturated rings. The summed E-state index contributed by atoms with van der Waals surface area (Å²) in [6.45, 7) is 0.995. The van der Waals surface area contributed by atoms with E-state index in [0.717, 1.165) is 44.1 Å². The number of halogens is 4. The summed E-state index contributed by atoms with van der Waals surface area (Å²) in [6, 6.07) is 19.3. The summed E-state index contributed by atoms with van der Waals surface area (Å²) in [4.78, 5) is 0. The Morgan fingerprint density at radius 2 is 1.44 bits per heavy atom. The van der Waals surface area contributed by atoms with Crippen LogP contribution < -0.4 is 4.74 Å². The fourth-order valence-corrected chi connectivity index (χ4v) is 5.04. The van der Waals surface area contributed by atoms with Crippen molar-refractivity contribution in [3.63, 3.8) is 0 Å². The Kier molecular flexibility index (Phi) is 8.84. The average molecular weight is 497 g/mol. The van der Waals surface area contributed by atoms with E-state index in [-0.39, 0.29) is 23.8 Å². The smallest absolute Gasteiger partial charge is 0.201 e. The number of benzene rings is 3. The average Bonchev–Trinajstić information content (AvgIpc) is 2.91. The molecule has 4 rings (SSSR count). The van der Waals surface area contributed by atoms with E-state index >= 15 is 0 Å². The topological polar surface area (TPSA) is 9.23 Å². The van der Waals surface area contributed by atoms with E-state index in [2.05, 4.69) is 24.3 Å². The maximum absolute atomic E-state index is 14.5. The molecule has 190 valence electrons. The molecule has 0 unspecified atom stereocenters. The van der Waals surface area contributed by atoms with E-state index in [1.54, 1.807) is 13.0 Å². The van der Waals surface area contributed by atoms with E-state index in [1.165, 1.54) is 23.3 Å². The molecule has 1 aliphatic carbocycles. The summed E-state index contributed by atoms with van der Waals surface area (Å²) in [6.07, 6.45) is 6.95. The quantitative estimate of drug-likeness (QED) is 0.269. The van der Waals surface area contributed by atoms with Gasteiger partial charge in [-0.3, -0.25) is 0 Å². The van der Waals surface area contributed by atoms with Gasteiger partial charge in [0.25, 0.3) is 0 Å². The van der Waals surface area contributed by atoms with Gasteiger partial charge in [-0.15, -0.1) is 0 Å². The summed E-state index contributed by atoms with van der Waals surface area (Å²) in [7, 11) is 0. The van der Waals surface area contributed by atoms with Crippen LogP contribution in [0.4, 0.5) is 17.6 Å². The summed E-state index contributed by atoms with van der Waals surface area (Å²) >= 11 is 0. The molecule has 0 saturated heterocycles. The summed E-state index contributed by atoms with van der Waals surface area (Å²) in [5.41, 5.74) is 4.52. The Hall–Kier alpha value is -3.08. The van der Waals surface area contributed by atoms with Crippen molar-refractivity contribution in [2.24, 2.45) is 5.92 Å². The number of aryl methyl sites for hydroxylation is 2. The first-order valence-electron chi connectivity index (χ1n) is 12.7. The molecule has 0 bridgehead atoms. The van der Waals surface area contributed by atoms with Crippen LogP contribution in [-0.4, -0.2) is 13.3 Å². The zero-order chi connectivity index (χ0) is 25.5. The minimum atomic E-state index is -1.01. The van der Waals surface area contributed by atoms with Crippen LogP contribution in [0.25, 0.3) is 11.1 Å². The molecule has 0 spiro atoms. The summed E-state index contributed by atoms with van der Waals surface area (Å²) in [5, 5.41) is 0. The van der Waals surface area contributed by atoms with Crippen LogP contribution in [-0.2, 0) is 12.8 Å². The lowest BCUT2D eigenvalue weighted by Gasteiger charge is -2.27. The van der Waals surface area contributed by atoms with Crippen LogP contribution in [0.1, 0.15) is 55.2 Å². The standard InChI is InChI=1S/C31H32F4O/c1-2-36-29-18-17-28(30(34)31(29)35)26-15-7-22(8-16-26)4-3-21-5-11-24(12-6-21)25-13-9-23(10-14-25)19-27(33)20-32/h5-8,11-12,15-19,23,25H,2-4,9-10,13-14,20H2,1H3. The maximum Gasteiger partial charge on any atom is 0.201 e. The number of ether oxygens (including phenoxy) is 1. The minimum Gasteiger partial charge on any atom is -0.491 e. The van der Waals surface area contributed by atoms with E-state index in [4.69, 9.17) is 4.74 Å². The van der Waals surface area contributed by atoms with Gasteiger partial charge in [0.2, 0.25) is 5.82 Å². The maximum atomic E-state index is 14.5. The van der Waals surface area contributed by atoms with Crippen LogP contribution in [0, 0.1) is 17.6 Å². The van der Waals surface area contributed by atoms with Crippen molar-refractivity contribution in [3.8, 4) is 16.9 Å². The predicted molar refractivity (Wildman–Crippen MR) is 137 cm³/mol. The molecule has 0 aliphatic heterocycles. The molecule has 1 nitrogen and oxygen atoms in total. The highest BCUT2D eigenvalue weighted by molar-refractivity contribution is 5.65. The van der Waals surface area contributed by atoms with Gasteiger partial charge in [-0.05, 0) is 97.7 Å². The van der Waals surface area contributed by atoms with Crippen LogP contribution in [0.3, 0.4) is 0 Å². The third-order valence-corrected chi connectivity index (χ3v) is 7.08. The van der Waals surface area contributed by atoms with Gasteiger partial charge in [-0.1, -0.05) is 48.5 Å². The molecule has 3 aromatic carbocycles. The summed E-state index contributed by atoms with van der Waals surface area (Å²) in [5.74, 6) is -1.96. The minimum absolute atomic E-state index is 0.0739. The SMILES string of the molecule is CCOc1ccc(-c2ccc(CCc3ccc(C4CCC(C=C(F)CF)CC4)cc3)cc2)c(F)c1F. The van der Waals surface area contributed by atoms with E-state index in [9.17, 15) is 17.6 Å². The molecule has 5 heteroatoms. The zero-order valence-electron chi connectivity index (χ0n) is 20.6. The van der Waals surface area contributed by atoms with E-state index in [1.807, 2.05) is 24.3 Å². The highest BCUT2D eigenvalue weighted by atomic mass is 19.2. The lowest BCUT2D eigenvalue weighted by molar-refractivity contribution is 0.314. The van der Waals surface area contributed by atoms with Gasteiger partial charge in [-0.2, -0.15) is 4.39 Å². The van der Waals surface area contributed by atoms with Gasteiger partial charge in [0, 0.05) is 5.56 Å². The van der Waals surface area contributed by atoms with Crippen molar-refractivity contribution in [1.29, 1.82) is 0 Å². The second kappa shape index (κ2) is 12.2. The molecule has 0 heterocycles. The number of allylic oxidation sites excluding steroid dienone is 2. The number of hydrogen-bond donors (Lipinski definition) is 0. The first-order valence-corrected chi connectivity index (χ1v) is 12.7. The largest absolute Gasteiger partial charge is 0.491 e. The zero-order valence-corrected chi connectivity index (χ0v) is 20.6. The van der Waals surface area contributed by atoms with Gasteiger partial charge in [-0.25, -0.2) is 13.2 Å². The Morgan fingerprint density at radius 3 is 2.03 bits per heavy atom. The van der Waals surface area contributed by atoms with Crippen molar-refractivity contribution in [2.45, 2.75) is 51.4 Å². The highest BCUT2D eigenvalue weighted by Crippen LogP contribution is 2.37. The van der Waals surface area contributed by atoms with Crippen molar-refractivity contribution >= 4 is 0 Å². The van der Waals surface area contributed by atoms with Gasteiger partial charge < -0.3 is 4.74 Å². The second-order valence-corrected chi connectivity index (χ2v) is 9.47. The molecule has 0 aromatic heterocycles. The molecular formula is C31H32F4O. The normalized spacial score (nSPS) is 18.3. The Labute approximate surface area is 210 Å². The molecule has 1 aliphatic rings. The molecule has 0 atom stereocenters. The monoisotopic (exact) mass is 496 g/mol. The highest BCUT2D eigenvalue weighted by Gasteiger charge is 2.21. The predicted octanol–water partition coefficient (Wildman–Crippen LogP) is 8.91. The fourth-order valence-electron chi connectivity index (χ4n) is 5.04. The summed E-state index contributed by atoms with van der Waals surface area (Å²) < 4.78 is 59.4. The Balaban J connectivity index is 1.31. The molecular weight excluding hydrogens is 464 g/mol. The molecule has 0 radical (unpaired) electrons. The second-order valence-electron chi connectivity index (χ2n) is 9.47. The van der Waals surface area contributed by atoms with Crippen molar-refractivity contribution in [2.75, 3.05) is 13.3 Å². The van der Waals surface area contributed by atoms with Crippen molar-refractivity contribution in [1.82, 2.24) is 0 Å². The molecule has 1 saturated carbocycles. The third-order valence-electron chi connectivity index (χ3n) is 7.08. The van der Waals surface area contributed by atoms with Gasteiger partial charge in [0.1, 0.15) is 12.5 Å². The fraction of sp³-hybridized carbons (Fsp3) is 0.355. The lowest BCUT2D eigenvalue weighted by atomic mass is 9.78. The molecule has 36 heavy (non-hydrogen) atoms. The van der Waals surface area contributed by atoms with Crippen LogP contribution in [0.5, 0.6) is 5.75 Å². The first kappa shape index (κ1) is 26.0. The number of rotatable bonds is 9. The lowest BCUT2D eigenvalue weighted by Crippen LogP contribution is -2.12.